The van der Waals surface area contributed by atoms with Crippen LogP contribution in [0.25, 0.3) is 21.5 Å². The van der Waals surface area contributed by atoms with Crippen molar-refractivity contribution in [2.24, 2.45) is 0 Å². The number of piperazine rings is 1. The van der Waals surface area contributed by atoms with Crippen LogP contribution in [0.15, 0.2) is 97.1 Å². The fourth-order valence-corrected chi connectivity index (χ4v) is 8.26. The summed E-state index contributed by atoms with van der Waals surface area (Å²) < 4.78 is 97.7. The Morgan fingerprint density at radius 2 is 1.19 bits per heavy atom. The van der Waals surface area contributed by atoms with Crippen molar-refractivity contribution in [1.82, 2.24) is 10.2 Å². The van der Waals surface area contributed by atoms with E-state index in [1.165, 1.54) is 43.0 Å². The first-order chi connectivity index (χ1) is 25.5. The van der Waals surface area contributed by atoms with Crippen molar-refractivity contribution in [3.05, 3.63) is 108 Å². The number of nitrogens with zero attached hydrogens (tertiary/aromatic N) is 1. The third-order valence-electron chi connectivity index (χ3n) is 9.43. The summed E-state index contributed by atoms with van der Waals surface area (Å²) in [5.41, 5.74) is 8.23. The Labute approximate surface area is 310 Å². The summed E-state index contributed by atoms with van der Waals surface area (Å²) in [7, 11) is -10.5. The fraction of sp³-hybridized carbons (Fsp3) is 0.243. The van der Waals surface area contributed by atoms with Gasteiger partial charge in [-0.3, -0.25) is 23.6 Å². The molecule has 1 saturated heterocycles. The molecule has 14 nitrogen and oxygen atoms in total. The monoisotopic (exact) mass is 780 g/mol. The maximum absolute atomic E-state index is 14.5. The van der Waals surface area contributed by atoms with Crippen LogP contribution in [0.4, 0.5) is 15.8 Å². The van der Waals surface area contributed by atoms with Gasteiger partial charge in [0.05, 0.1) is 12.1 Å². The van der Waals surface area contributed by atoms with Crippen LogP contribution >= 0.6 is 0 Å². The Bertz CT molecular complexity index is 2460. The third kappa shape index (κ3) is 7.73. The second-order valence-corrected chi connectivity index (χ2v) is 16.0. The summed E-state index contributed by atoms with van der Waals surface area (Å²) in [6.07, 6.45) is 0. The van der Waals surface area contributed by atoms with Gasteiger partial charge in [0.15, 0.2) is 0 Å². The molecule has 1 heterocycles. The highest BCUT2D eigenvalue weighted by atomic mass is 32.2. The molecule has 0 amide bonds. The van der Waals surface area contributed by atoms with Crippen LogP contribution in [0, 0.1) is 5.82 Å². The van der Waals surface area contributed by atoms with Crippen LogP contribution < -0.4 is 26.3 Å². The number of nitrogens with one attached hydrogen (secondary N) is 1. The van der Waals surface area contributed by atoms with Crippen molar-refractivity contribution in [1.29, 1.82) is 0 Å². The van der Waals surface area contributed by atoms with Gasteiger partial charge in [-0.1, -0.05) is 60.7 Å². The number of nitrogens with two attached hydrogens (primary N) is 2. The maximum atomic E-state index is 14.5. The van der Waals surface area contributed by atoms with Crippen LogP contribution in [0.1, 0.15) is 19.4 Å². The summed E-state index contributed by atoms with van der Waals surface area (Å²) in [4.78, 5) is 30.1. The number of ether oxygens (including phenoxy) is 2. The van der Waals surface area contributed by atoms with Gasteiger partial charge < -0.3 is 26.3 Å². The van der Waals surface area contributed by atoms with Gasteiger partial charge in [0.25, 0.3) is 10.9 Å². The standard InChI is InChI=1S/C37H37FN4O10S2/c1-20-33(35(44)37(54(48,49)50)52-29-14-6-10-24-8-4-12-27(40)31(24)29)42(19-22-15-17-25(38)18-16-22)21(2)32(41-20)34(43)36(53(45,46)47)51-28-13-5-9-23-7-3-11-26(39)30(23)28/h3-18,20-21,32-33,36-37,41H,19,39-40H2,1-2H3,(H,45,46,47)(H,48,49,50). The van der Waals surface area contributed by atoms with Crippen LogP contribution in [0.5, 0.6) is 11.5 Å². The van der Waals surface area contributed by atoms with Gasteiger partial charge in [-0.2, -0.15) is 16.8 Å². The minimum Gasteiger partial charge on any atom is -0.463 e. The first-order valence-corrected chi connectivity index (χ1v) is 19.6. The van der Waals surface area contributed by atoms with Crippen LogP contribution in [0.2, 0.25) is 0 Å². The number of carbonyl (C=O) groups is 2. The summed E-state index contributed by atoms with van der Waals surface area (Å²) in [5, 5.41) is 4.64. The molecule has 5 aromatic rings. The van der Waals surface area contributed by atoms with E-state index in [9.17, 15) is 39.9 Å². The van der Waals surface area contributed by atoms with E-state index >= 15 is 0 Å². The second kappa shape index (κ2) is 14.9. The quantitative estimate of drug-likeness (QED) is 0.0893. The first-order valence-electron chi connectivity index (χ1n) is 16.6. The van der Waals surface area contributed by atoms with Gasteiger partial charge in [-0.05, 0) is 66.6 Å². The van der Waals surface area contributed by atoms with E-state index in [2.05, 4.69) is 5.32 Å². The Morgan fingerprint density at radius 1 is 0.741 bits per heavy atom. The average molecular weight is 781 g/mol. The van der Waals surface area contributed by atoms with E-state index in [0.717, 1.165) is 12.1 Å². The van der Waals surface area contributed by atoms with E-state index in [4.69, 9.17) is 20.9 Å². The molecule has 54 heavy (non-hydrogen) atoms. The molecule has 0 aromatic heterocycles. The summed E-state index contributed by atoms with van der Waals surface area (Å²) in [6, 6.07) is 19.1. The van der Waals surface area contributed by atoms with Gasteiger partial charge in [0.1, 0.15) is 17.3 Å². The molecule has 5 aromatic carbocycles. The lowest BCUT2D eigenvalue weighted by Crippen LogP contribution is -2.72. The molecular weight excluding hydrogens is 744 g/mol. The van der Waals surface area contributed by atoms with E-state index in [1.807, 2.05) is 0 Å². The molecule has 6 atom stereocenters. The lowest BCUT2D eigenvalue weighted by molar-refractivity contribution is -0.138. The fourth-order valence-electron chi connectivity index (χ4n) is 6.93. The van der Waals surface area contributed by atoms with Crippen molar-refractivity contribution < 1.29 is 49.4 Å². The zero-order chi connectivity index (χ0) is 39.1. The largest absolute Gasteiger partial charge is 0.463 e. The number of nitrogen functional groups attached to an aromatic ring is 2. The molecule has 0 bridgehead atoms. The predicted molar refractivity (Wildman–Crippen MR) is 200 cm³/mol. The van der Waals surface area contributed by atoms with Crippen LogP contribution in [0.3, 0.4) is 0 Å². The van der Waals surface area contributed by atoms with Gasteiger partial charge in [-0.15, -0.1) is 0 Å². The zero-order valence-electron chi connectivity index (χ0n) is 28.9. The number of fused-ring (bicyclic) bond motifs is 2. The molecule has 1 aliphatic heterocycles. The number of hydrogen-bond donors (Lipinski definition) is 5. The normalized spacial score (nSPS) is 20.7. The number of benzene rings is 5. The maximum Gasteiger partial charge on any atom is 0.311 e. The summed E-state index contributed by atoms with van der Waals surface area (Å²) >= 11 is 0. The molecule has 1 fully saturated rings. The van der Waals surface area contributed by atoms with Gasteiger partial charge in [0.2, 0.25) is 11.6 Å². The van der Waals surface area contributed by atoms with Crippen molar-refractivity contribution >= 4 is 64.7 Å². The number of rotatable bonds is 12. The Kier molecular flexibility index (Phi) is 10.7. The Morgan fingerprint density at radius 3 is 1.65 bits per heavy atom. The van der Waals surface area contributed by atoms with Crippen molar-refractivity contribution in [3.63, 3.8) is 0 Å². The molecule has 6 unspecified atom stereocenters. The molecule has 284 valence electrons. The van der Waals surface area contributed by atoms with Crippen LogP contribution in [-0.4, -0.2) is 77.4 Å². The molecule has 0 aliphatic carbocycles. The molecule has 0 radical (unpaired) electrons. The smallest absolute Gasteiger partial charge is 0.311 e. The predicted octanol–water partition coefficient (Wildman–Crippen LogP) is 3.94. The van der Waals surface area contributed by atoms with E-state index in [1.54, 1.807) is 60.7 Å². The molecule has 17 heteroatoms. The van der Waals surface area contributed by atoms with Crippen molar-refractivity contribution in [3.8, 4) is 11.5 Å². The van der Waals surface area contributed by atoms with E-state index in [-0.39, 0.29) is 29.4 Å². The van der Waals surface area contributed by atoms with Gasteiger partial charge in [-0.25, -0.2) is 4.39 Å². The van der Waals surface area contributed by atoms with Gasteiger partial charge in [0, 0.05) is 40.8 Å². The topological polar surface area (TPSA) is 229 Å². The lowest BCUT2D eigenvalue weighted by Gasteiger charge is -2.48. The van der Waals surface area contributed by atoms with E-state index < -0.39 is 72.7 Å². The Hall–Kier alpha value is -5.17. The molecule has 7 N–H and O–H groups in total. The summed E-state index contributed by atoms with van der Waals surface area (Å²) in [6.45, 7) is 2.72. The molecule has 6 rings (SSSR count). The highest BCUT2D eigenvalue weighted by Crippen LogP contribution is 2.35. The number of Topliss-reactive ketones (excluding diaryl/α,β-unsaturated/α-hetero) is 2. The van der Waals surface area contributed by atoms with Gasteiger partial charge >= 0.3 is 20.2 Å². The first kappa shape index (κ1) is 38.6. The van der Waals surface area contributed by atoms with Crippen LogP contribution in [-0.2, 0) is 36.4 Å². The summed E-state index contributed by atoms with van der Waals surface area (Å²) in [5.74, 6) is -3.05. The molecule has 1 aliphatic rings. The highest BCUT2D eigenvalue weighted by Gasteiger charge is 2.52. The molecular formula is C37H37FN4O10S2. The van der Waals surface area contributed by atoms with Crippen molar-refractivity contribution in [2.75, 3.05) is 11.5 Å². The van der Waals surface area contributed by atoms with Crippen molar-refractivity contribution in [2.45, 2.75) is 55.4 Å². The highest BCUT2D eigenvalue weighted by molar-refractivity contribution is 7.87. The van der Waals surface area contributed by atoms with E-state index in [0.29, 0.717) is 27.1 Å². The second-order valence-electron chi connectivity index (χ2n) is 13.1. The molecule has 0 spiro atoms. The number of hydrogen-bond acceptors (Lipinski definition) is 12. The Balaban J connectivity index is 1.39. The third-order valence-corrected chi connectivity index (χ3v) is 11.2. The zero-order valence-corrected chi connectivity index (χ0v) is 30.5. The minimum atomic E-state index is -5.28. The SMILES string of the molecule is CC1NC(C(=O)C(Oc2cccc3cccc(N)c23)S(=O)(=O)O)C(C)N(Cc2ccc(F)cc2)C1C(=O)C(Oc1cccc2cccc(N)c12)S(=O)(=O)O. The lowest BCUT2D eigenvalue weighted by atomic mass is 9.90. The molecule has 0 saturated carbocycles. The minimum absolute atomic E-state index is 0.100. The number of ketones is 2. The number of anilines is 2. The average Bonchev–Trinajstić information content (AvgIpc) is 3.10. The number of carbonyl (C=O) groups excluding carboxylic acids is 2. The number of halogens is 1.